The van der Waals surface area contributed by atoms with Gasteiger partial charge in [-0.25, -0.2) is 0 Å². The molecule has 0 atom stereocenters. The van der Waals surface area contributed by atoms with E-state index in [1.54, 1.807) is 6.07 Å². The minimum Gasteiger partial charge on any atom is -0.433 e. The van der Waals surface area contributed by atoms with E-state index in [0.717, 1.165) is 0 Å². The normalized spacial score (nSPS) is 9.80. The number of hydrogen-bond donors (Lipinski definition) is 1. The maximum absolute atomic E-state index is 10.7. The van der Waals surface area contributed by atoms with Crippen LogP contribution in [0, 0.1) is 0 Å². The number of carbonyl (C=O) groups is 1. The molecule has 3 nitrogen and oxygen atoms in total. The lowest BCUT2D eigenvalue weighted by atomic mass is 10.2. The molecular formula is C6H6BrNO2. The summed E-state index contributed by atoms with van der Waals surface area (Å²) in [5.74, 6) is 0.0753. The molecule has 0 aliphatic rings. The van der Waals surface area contributed by atoms with Gasteiger partial charge in [0.05, 0.1) is 5.56 Å². The van der Waals surface area contributed by atoms with Crippen molar-refractivity contribution in [2.45, 2.75) is 6.92 Å². The van der Waals surface area contributed by atoms with Gasteiger partial charge in [0.2, 0.25) is 5.88 Å². The van der Waals surface area contributed by atoms with Crippen molar-refractivity contribution in [1.29, 1.82) is 0 Å². The molecule has 0 bridgehead atoms. The minimum absolute atomic E-state index is 0.0908. The summed E-state index contributed by atoms with van der Waals surface area (Å²) in [6, 6.07) is 1.55. The molecule has 1 rings (SSSR count). The zero-order valence-corrected chi connectivity index (χ0v) is 6.94. The molecule has 0 aromatic carbocycles. The van der Waals surface area contributed by atoms with Gasteiger partial charge in [0.15, 0.2) is 10.5 Å². The number of ketones is 1. The van der Waals surface area contributed by atoms with Gasteiger partial charge in [-0.2, -0.15) is 0 Å². The van der Waals surface area contributed by atoms with Crippen LogP contribution in [-0.4, -0.2) is 5.78 Å². The van der Waals surface area contributed by atoms with E-state index in [1.165, 1.54) is 6.92 Å². The Morgan fingerprint density at radius 2 is 2.40 bits per heavy atom. The minimum atomic E-state index is -0.0908. The quantitative estimate of drug-likeness (QED) is 0.709. The maximum Gasteiger partial charge on any atom is 0.202 e. The smallest absolute Gasteiger partial charge is 0.202 e. The number of nitrogens with two attached hydrogens (primary N) is 1. The number of rotatable bonds is 1. The third-order valence-electron chi connectivity index (χ3n) is 1.11. The number of carbonyl (C=O) groups excluding carboxylic acids is 1. The van der Waals surface area contributed by atoms with Crippen molar-refractivity contribution in [2.75, 3.05) is 5.73 Å². The molecule has 0 aliphatic carbocycles. The first-order valence-electron chi connectivity index (χ1n) is 2.67. The average Bonchev–Trinajstić information content (AvgIpc) is 2.10. The first kappa shape index (κ1) is 7.34. The van der Waals surface area contributed by atoms with E-state index < -0.39 is 0 Å². The molecule has 0 radical (unpaired) electrons. The second kappa shape index (κ2) is 2.46. The number of furan rings is 1. The van der Waals surface area contributed by atoms with Gasteiger partial charge in [0, 0.05) is 6.07 Å². The summed E-state index contributed by atoms with van der Waals surface area (Å²) in [4.78, 5) is 10.7. The zero-order chi connectivity index (χ0) is 7.72. The van der Waals surface area contributed by atoms with E-state index >= 15 is 0 Å². The summed E-state index contributed by atoms with van der Waals surface area (Å²) in [5, 5.41) is 0. The van der Waals surface area contributed by atoms with Crippen LogP contribution in [0.5, 0.6) is 0 Å². The molecule has 0 spiro atoms. The SMILES string of the molecule is CC(=O)c1cc(Br)oc1N. The lowest BCUT2D eigenvalue weighted by molar-refractivity contribution is 0.101. The van der Waals surface area contributed by atoms with Crippen LogP contribution in [0.1, 0.15) is 17.3 Å². The van der Waals surface area contributed by atoms with Crippen molar-refractivity contribution >= 4 is 27.6 Å². The first-order chi connectivity index (χ1) is 4.61. The Morgan fingerprint density at radius 1 is 1.80 bits per heavy atom. The van der Waals surface area contributed by atoms with Gasteiger partial charge in [0.1, 0.15) is 0 Å². The van der Waals surface area contributed by atoms with Gasteiger partial charge in [-0.1, -0.05) is 0 Å². The highest BCUT2D eigenvalue weighted by atomic mass is 79.9. The highest BCUT2D eigenvalue weighted by Crippen LogP contribution is 2.22. The molecular weight excluding hydrogens is 198 g/mol. The van der Waals surface area contributed by atoms with Crippen molar-refractivity contribution in [1.82, 2.24) is 0 Å². The van der Waals surface area contributed by atoms with Crippen molar-refractivity contribution < 1.29 is 9.21 Å². The molecule has 0 unspecified atom stereocenters. The van der Waals surface area contributed by atoms with Crippen LogP contribution in [0.4, 0.5) is 5.88 Å². The predicted molar refractivity (Wildman–Crippen MR) is 40.8 cm³/mol. The van der Waals surface area contributed by atoms with Crippen molar-refractivity contribution in [2.24, 2.45) is 0 Å². The third kappa shape index (κ3) is 1.21. The topological polar surface area (TPSA) is 56.2 Å². The molecule has 0 saturated heterocycles. The van der Waals surface area contributed by atoms with Crippen LogP contribution in [0.15, 0.2) is 15.2 Å². The van der Waals surface area contributed by atoms with Gasteiger partial charge in [-0.05, 0) is 22.9 Å². The van der Waals surface area contributed by atoms with E-state index in [-0.39, 0.29) is 11.7 Å². The zero-order valence-electron chi connectivity index (χ0n) is 5.35. The number of Topliss-reactive ketones (excluding diaryl/α,β-unsaturated/α-hetero) is 1. The summed E-state index contributed by atoms with van der Waals surface area (Å²) in [6.07, 6.45) is 0. The Bertz CT molecular complexity index is 267. The number of halogens is 1. The highest BCUT2D eigenvalue weighted by molar-refractivity contribution is 9.10. The fourth-order valence-corrected chi connectivity index (χ4v) is 1.05. The molecule has 1 aromatic heterocycles. The van der Waals surface area contributed by atoms with Crippen LogP contribution >= 0.6 is 15.9 Å². The highest BCUT2D eigenvalue weighted by Gasteiger charge is 2.09. The summed E-state index contributed by atoms with van der Waals surface area (Å²) in [6.45, 7) is 1.44. The lowest BCUT2D eigenvalue weighted by Gasteiger charge is -1.86. The van der Waals surface area contributed by atoms with Gasteiger partial charge < -0.3 is 10.2 Å². The summed E-state index contributed by atoms with van der Waals surface area (Å²) >= 11 is 3.05. The van der Waals surface area contributed by atoms with Gasteiger partial charge in [0.25, 0.3) is 0 Å². The largest absolute Gasteiger partial charge is 0.433 e. The van der Waals surface area contributed by atoms with Crippen molar-refractivity contribution in [3.8, 4) is 0 Å². The molecule has 0 fully saturated rings. The second-order valence-corrected chi connectivity index (χ2v) is 2.67. The molecule has 1 heterocycles. The Balaban J connectivity index is 3.15. The summed E-state index contributed by atoms with van der Waals surface area (Å²) < 4.78 is 5.33. The Kier molecular flexibility index (Phi) is 1.80. The predicted octanol–water partition coefficient (Wildman–Crippen LogP) is 1.83. The average molecular weight is 204 g/mol. The fraction of sp³-hybridized carbons (Fsp3) is 0.167. The Morgan fingerprint density at radius 3 is 2.60 bits per heavy atom. The van der Waals surface area contributed by atoms with E-state index in [1.807, 2.05) is 0 Å². The van der Waals surface area contributed by atoms with E-state index in [4.69, 9.17) is 10.2 Å². The summed E-state index contributed by atoms with van der Waals surface area (Å²) in [7, 11) is 0. The van der Waals surface area contributed by atoms with Crippen molar-refractivity contribution in [3.63, 3.8) is 0 Å². The molecule has 0 saturated carbocycles. The third-order valence-corrected chi connectivity index (χ3v) is 1.50. The van der Waals surface area contributed by atoms with Crippen LogP contribution in [0.25, 0.3) is 0 Å². The van der Waals surface area contributed by atoms with Gasteiger partial charge >= 0.3 is 0 Å². The first-order valence-corrected chi connectivity index (χ1v) is 3.46. The monoisotopic (exact) mass is 203 g/mol. The van der Waals surface area contributed by atoms with Gasteiger partial charge in [-0.3, -0.25) is 4.79 Å². The van der Waals surface area contributed by atoms with E-state index in [2.05, 4.69) is 15.9 Å². The molecule has 4 heteroatoms. The second-order valence-electron chi connectivity index (χ2n) is 1.88. The van der Waals surface area contributed by atoms with Crippen LogP contribution in [0.3, 0.4) is 0 Å². The lowest BCUT2D eigenvalue weighted by Crippen LogP contribution is -1.94. The van der Waals surface area contributed by atoms with Gasteiger partial charge in [-0.15, -0.1) is 0 Å². The molecule has 2 N–H and O–H groups in total. The number of hydrogen-bond acceptors (Lipinski definition) is 3. The van der Waals surface area contributed by atoms with E-state index in [0.29, 0.717) is 10.2 Å². The molecule has 10 heavy (non-hydrogen) atoms. The molecule has 1 aromatic rings. The Labute approximate surface area is 66.3 Å². The molecule has 54 valence electrons. The van der Waals surface area contributed by atoms with E-state index in [9.17, 15) is 4.79 Å². The van der Waals surface area contributed by atoms with Crippen molar-refractivity contribution in [3.05, 3.63) is 16.3 Å². The van der Waals surface area contributed by atoms with Crippen LogP contribution in [-0.2, 0) is 0 Å². The molecule has 0 aliphatic heterocycles. The summed E-state index contributed by atoms with van der Waals surface area (Å²) in [5.41, 5.74) is 5.75. The van der Waals surface area contributed by atoms with Crippen LogP contribution in [0.2, 0.25) is 0 Å². The standard InChI is InChI=1S/C6H6BrNO2/c1-3(9)4-2-5(7)10-6(4)8/h2H,8H2,1H3. The Hall–Kier alpha value is -0.770. The molecule has 0 amide bonds. The number of anilines is 1. The maximum atomic E-state index is 10.7. The fourth-order valence-electron chi connectivity index (χ4n) is 0.649. The van der Waals surface area contributed by atoms with Crippen LogP contribution < -0.4 is 5.73 Å². The number of nitrogen functional groups attached to an aromatic ring is 1.